The Labute approximate surface area is 109 Å². The predicted octanol–water partition coefficient (Wildman–Crippen LogP) is 1.90. The number of thiol groups is 1. The lowest BCUT2D eigenvalue weighted by Gasteiger charge is -2.17. The summed E-state index contributed by atoms with van der Waals surface area (Å²) in [6.45, 7) is 2.97. The Hall–Kier alpha value is -1.62. The topological polar surface area (TPSA) is 49.7 Å². The lowest BCUT2D eigenvalue weighted by atomic mass is 10.0. The molecule has 0 amide bonds. The van der Waals surface area contributed by atoms with Crippen molar-refractivity contribution in [2.45, 2.75) is 13.3 Å². The normalized spacial score (nSPS) is 14.7. The predicted molar refractivity (Wildman–Crippen MR) is 75.7 cm³/mol. The van der Waals surface area contributed by atoms with Crippen LogP contribution >= 0.6 is 0 Å². The zero-order valence-electron chi connectivity index (χ0n) is 10.2. The Balaban J connectivity index is 2.32. The summed E-state index contributed by atoms with van der Waals surface area (Å²) in [4.78, 5) is 4.15. The van der Waals surface area contributed by atoms with E-state index < -0.39 is 10.9 Å². The molecule has 1 aromatic rings. The molecule has 2 rings (SSSR count). The molecule has 0 saturated carbocycles. The summed E-state index contributed by atoms with van der Waals surface area (Å²) >= 11 is 0. The maximum Gasteiger partial charge on any atom is 0.225 e. The van der Waals surface area contributed by atoms with E-state index in [0.717, 1.165) is 17.7 Å². The van der Waals surface area contributed by atoms with Crippen LogP contribution in [0.1, 0.15) is 18.9 Å². The fourth-order valence-corrected chi connectivity index (χ4v) is 2.52. The van der Waals surface area contributed by atoms with Crippen LogP contribution in [-0.4, -0.2) is 27.7 Å². The van der Waals surface area contributed by atoms with Crippen molar-refractivity contribution in [1.82, 2.24) is 0 Å². The summed E-state index contributed by atoms with van der Waals surface area (Å²) in [6, 6.07) is 7.62. The quantitative estimate of drug-likeness (QED) is 0.844. The summed E-state index contributed by atoms with van der Waals surface area (Å²) in [5.41, 5.74) is 2.98. The standard InChI is InChI=1S/C13H16N2O2S/c1-2-15(18(16)17)13-5-3-4-12(10-13)11-6-8-14-9-7-11/h3-6,9-10,18H,2,7-8H2,1H3. The van der Waals surface area contributed by atoms with E-state index in [-0.39, 0.29) is 0 Å². The van der Waals surface area contributed by atoms with Gasteiger partial charge in [-0.05, 0) is 30.2 Å². The smallest absolute Gasteiger partial charge is 0.225 e. The van der Waals surface area contributed by atoms with E-state index in [1.807, 2.05) is 37.4 Å². The van der Waals surface area contributed by atoms with Crippen LogP contribution in [0.5, 0.6) is 0 Å². The van der Waals surface area contributed by atoms with Crippen molar-refractivity contribution in [2.75, 3.05) is 17.4 Å². The van der Waals surface area contributed by atoms with E-state index in [1.54, 1.807) is 0 Å². The second-order valence-electron chi connectivity index (χ2n) is 3.99. The number of rotatable bonds is 4. The van der Waals surface area contributed by atoms with Gasteiger partial charge in [-0.15, -0.1) is 0 Å². The Morgan fingerprint density at radius 3 is 2.83 bits per heavy atom. The molecule has 0 atom stereocenters. The third-order valence-corrected chi connectivity index (χ3v) is 3.80. The highest BCUT2D eigenvalue weighted by atomic mass is 32.2. The fourth-order valence-electron chi connectivity index (χ4n) is 1.98. The van der Waals surface area contributed by atoms with Gasteiger partial charge in [-0.1, -0.05) is 18.2 Å². The maximum atomic E-state index is 11.1. The third-order valence-electron chi connectivity index (χ3n) is 2.90. The highest BCUT2D eigenvalue weighted by Crippen LogP contribution is 2.24. The minimum atomic E-state index is -2.58. The molecule has 1 aliphatic rings. The van der Waals surface area contributed by atoms with Gasteiger partial charge in [-0.3, -0.25) is 9.30 Å². The maximum absolute atomic E-state index is 11.1. The Bertz CT molecular complexity index is 554. The van der Waals surface area contributed by atoms with Gasteiger partial charge in [0.1, 0.15) is 0 Å². The SMILES string of the molecule is CCN(c1cccc(C2=CCN=CC2)c1)[SH](=O)=O. The van der Waals surface area contributed by atoms with E-state index in [9.17, 15) is 8.42 Å². The van der Waals surface area contributed by atoms with Gasteiger partial charge in [0.2, 0.25) is 10.9 Å². The molecule has 0 radical (unpaired) electrons. The van der Waals surface area contributed by atoms with Crippen LogP contribution in [0.3, 0.4) is 0 Å². The van der Waals surface area contributed by atoms with Crippen molar-refractivity contribution < 1.29 is 8.42 Å². The lowest BCUT2D eigenvalue weighted by Crippen LogP contribution is -2.20. The largest absolute Gasteiger partial charge is 0.293 e. The average molecular weight is 264 g/mol. The molecule has 0 bridgehead atoms. The van der Waals surface area contributed by atoms with Gasteiger partial charge in [0.25, 0.3) is 0 Å². The van der Waals surface area contributed by atoms with Gasteiger partial charge in [0.05, 0.1) is 12.2 Å². The number of dihydropyridines is 1. The number of aliphatic imine (C=N–C) groups is 1. The van der Waals surface area contributed by atoms with Gasteiger partial charge in [-0.2, -0.15) is 0 Å². The van der Waals surface area contributed by atoms with Crippen LogP contribution in [-0.2, 0) is 10.9 Å². The molecule has 0 fully saturated rings. The molecule has 1 heterocycles. The average Bonchev–Trinajstić information content (AvgIpc) is 2.40. The number of hydrogen-bond donors (Lipinski definition) is 1. The minimum absolute atomic E-state index is 0.447. The molecule has 18 heavy (non-hydrogen) atoms. The highest BCUT2D eigenvalue weighted by Gasteiger charge is 2.09. The van der Waals surface area contributed by atoms with Gasteiger partial charge in [0.15, 0.2) is 0 Å². The zero-order chi connectivity index (χ0) is 13.0. The van der Waals surface area contributed by atoms with E-state index in [0.29, 0.717) is 13.1 Å². The molecule has 0 saturated heterocycles. The minimum Gasteiger partial charge on any atom is -0.293 e. The summed E-state index contributed by atoms with van der Waals surface area (Å²) in [5, 5.41) is 0. The molecule has 1 aromatic carbocycles. The number of hydrogen-bond acceptors (Lipinski definition) is 3. The van der Waals surface area contributed by atoms with Gasteiger partial charge >= 0.3 is 0 Å². The van der Waals surface area contributed by atoms with Gasteiger partial charge in [-0.25, -0.2) is 8.42 Å². The number of allylic oxidation sites excluding steroid dienone is 1. The van der Waals surface area contributed by atoms with Crippen LogP contribution in [0.15, 0.2) is 35.3 Å². The van der Waals surface area contributed by atoms with E-state index in [4.69, 9.17) is 0 Å². The third kappa shape index (κ3) is 2.79. The first-order chi connectivity index (χ1) is 8.72. The molecule has 0 spiro atoms. The zero-order valence-corrected chi connectivity index (χ0v) is 11.1. The first-order valence-electron chi connectivity index (χ1n) is 5.92. The van der Waals surface area contributed by atoms with Crippen LogP contribution in [0.2, 0.25) is 0 Å². The van der Waals surface area contributed by atoms with E-state index >= 15 is 0 Å². The summed E-state index contributed by atoms with van der Waals surface area (Å²) in [5.74, 6) is 0. The molecule has 1 aliphatic heterocycles. The van der Waals surface area contributed by atoms with E-state index in [2.05, 4.69) is 11.1 Å². The summed E-state index contributed by atoms with van der Waals surface area (Å²) < 4.78 is 23.7. The number of anilines is 1. The van der Waals surface area contributed by atoms with Crippen molar-refractivity contribution in [1.29, 1.82) is 0 Å². The molecule has 4 nitrogen and oxygen atoms in total. The first kappa shape index (κ1) is 12.8. The van der Waals surface area contributed by atoms with Gasteiger partial charge in [0, 0.05) is 19.2 Å². The fraction of sp³-hybridized carbons (Fsp3) is 0.308. The molecular weight excluding hydrogens is 248 g/mol. The molecule has 0 unspecified atom stereocenters. The van der Waals surface area contributed by atoms with Crippen molar-refractivity contribution in [3.8, 4) is 0 Å². The van der Waals surface area contributed by atoms with Crippen LogP contribution in [0.25, 0.3) is 5.57 Å². The molecule has 0 N–H and O–H groups in total. The molecule has 0 aliphatic carbocycles. The van der Waals surface area contributed by atoms with Crippen LogP contribution < -0.4 is 4.31 Å². The lowest BCUT2D eigenvalue weighted by molar-refractivity contribution is 0.611. The number of nitrogens with zero attached hydrogens (tertiary/aromatic N) is 2. The first-order valence-corrected chi connectivity index (χ1v) is 7.05. The van der Waals surface area contributed by atoms with Crippen LogP contribution in [0.4, 0.5) is 5.69 Å². The number of benzene rings is 1. The van der Waals surface area contributed by atoms with Crippen molar-refractivity contribution in [2.24, 2.45) is 4.99 Å². The second-order valence-corrected chi connectivity index (χ2v) is 4.94. The van der Waals surface area contributed by atoms with E-state index in [1.165, 1.54) is 9.88 Å². The Morgan fingerprint density at radius 2 is 2.22 bits per heavy atom. The van der Waals surface area contributed by atoms with Gasteiger partial charge < -0.3 is 0 Å². The molecule has 96 valence electrons. The van der Waals surface area contributed by atoms with Crippen molar-refractivity contribution in [3.63, 3.8) is 0 Å². The highest BCUT2D eigenvalue weighted by molar-refractivity contribution is 7.74. The molecule has 0 aromatic heterocycles. The summed E-state index contributed by atoms with van der Waals surface area (Å²) in [6.07, 6.45) is 4.78. The summed E-state index contributed by atoms with van der Waals surface area (Å²) in [7, 11) is -2.58. The Kier molecular flexibility index (Phi) is 4.15. The second kappa shape index (κ2) is 5.82. The van der Waals surface area contributed by atoms with Crippen molar-refractivity contribution in [3.05, 3.63) is 35.9 Å². The molecule has 5 heteroatoms. The monoisotopic (exact) mass is 264 g/mol. The van der Waals surface area contributed by atoms with Crippen LogP contribution in [0, 0.1) is 0 Å². The molecular formula is C13H16N2O2S. The van der Waals surface area contributed by atoms with Crippen molar-refractivity contribution >= 4 is 28.4 Å². The Morgan fingerprint density at radius 1 is 1.39 bits per heavy atom.